The fourth-order valence-electron chi connectivity index (χ4n) is 0.353. The molecule has 6 heteroatoms. The van der Waals surface area contributed by atoms with Crippen molar-refractivity contribution < 1.29 is 24.2 Å². The lowest BCUT2D eigenvalue weighted by molar-refractivity contribution is -0.161. The second-order valence-electron chi connectivity index (χ2n) is 1.98. The average Bonchev–Trinajstić information content (AvgIpc) is 1.84. The highest BCUT2D eigenvalue weighted by molar-refractivity contribution is 6.30. The molecule has 0 heterocycles. The second kappa shape index (κ2) is 4.71. The highest BCUT2D eigenvalue weighted by atomic mass is 35.5. The Balaban J connectivity index is 3.85. The normalized spacial score (nSPS) is 11.8. The molecule has 5 nitrogen and oxygen atoms in total. The average molecular weight is 195 g/mol. The van der Waals surface area contributed by atoms with Crippen LogP contribution in [0.4, 0.5) is 0 Å². The van der Waals surface area contributed by atoms with E-state index in [-0.39, 0.29) is 0 Å². The quantitative estimate of drug-likeness (QED) is 0.393. The van der Waals surface area contributed by atoms with Gasteiger partial charge in [0.25, 0.3) is 0 Å². The van der Waals surface area contributed by atoms with E-state index in [4.69, 9.17) is 16.7 Å². The summed E-state index contributed by atoms with van der Waals surface area (Å²) in [6.45, 7) is 1.32. The summed E-state index contributed by atoms with van der Waals surface area (Å²) in [5, 5.41) is 7.13. The zero-order valence-electron chi connectivity index (χ0n) is 6.24. The summed E-state index contributed by atoms with van der Waals surface area (Å²) in [6, 6.07) is 0. The fourth-order valence-corrected chi connectivity index (χ4v) is 0.397. The molecule has 1 N–H and O–H groups in total. The minimum atomic E-state index is -1.35. The topological polar surface area (TPSA) is 80.7 Å². The van der Waals surface area contributed by atoms with Crippen LogP contribution in [0.15, 0.2) is 0 Å². The molecule has 0 amide bonds. The van der Waals surface area contributed by atoms with E-state index in [2.05, 4.69) is 4.74 Å². The molecule has 0 aliphatic carbocycles. The summed E-state index contributed by atoms with van der Waals surface area (Å²) < 4.78 is 4.03. The minimum absolute atomic E-state index is 0.838. The number of carbonyl (C=O) groups is 3. The summed E-state index contributed by atoms with van der Waals surface area (Å²) in [6.07, 6.45) is -0.838. The van der Waals surface area contributed by atoms with E-state index < -0.39 is 29.7 Å². The molecule has 68 valence electrons. The Kier molecular flexibility index (Phi) is 4.28. The molecule has 0 saturated carbocycles. The van der Waals surface area contributed by atoms with Crippen molar-refractivity contribution in [3.8, 4) is 0 Å². The van der Waals surface area contributed by atoms with Crippen LogP contribution >= 0.6 is 11.6 Å². The van der Waals surface area contributed by atoms with Crippen LogP contribution in [-0.4, -0.2) is 28.4 Å². The maximum atomic E-state index is 10.6. The van der Waals surface area contributed by atoms with Gasteiger partial charge >= 0.3 is 17.9 Å². The van der Waals surface area contributed by atoms with Crippen molar-refractivity contribution in [1.82, 2.24) is 0 Å². The Morgan fingerprint density at radius 3 is 2.33 bits per heavy atom. The van der Waals surface area contributed by atoms with Crippen molar-refractivity contribution in [2.75, 3.05) is 0 Å². The van der Waals surface area contributed by atoms with E-state index >= 15 is 0 Å². The lowest BCUT2D eigenvalue weighted by atomic mass is 10.4. The third-order valence-corrected chi connectivity index (χ3v) is 1.01. The molecule has 1 unspecified atom stereocenters. The molecule has 0 aliphatic rings. The van der Waals surface area contributed by atoms with Gasteiger partial charge in [0.05, 0.1) is 0 Å². The molecule has 0 radical (unpaired) electrons. The van der Waals surface area contributed by atoms with Crippen molar-refractivity contribution in [2.45, 2.75) is 18.7 Å². The molecule has 0 fully saturated rings. The summed E-state index contributed by atoms with van der Waals surface area (Å²) in [4.78, 5) is 31.0. The molecule has 12 heavy (non-hydrogen) atoms. The number of carboxylic acid groups (broad SMARTS) is 1. The SMILES string of the molecule is CC(Cl)C(=O)OC(=O)CC(=O)O. The summed E-state index contributed by atoms with van der Waals surface area (Å²) in [5.41, 5.74) is 0. The highest BCUT2D eigenvalue weighted by Crippen LogP contribution is 1.98. The van der Waals surface area contributed by atoms with Gasteiger partial charge in [0.15, 0.2) is 0 Å². The van der Waals surface area contributed by atoms with E-state index in [9.17, 15) is 14.4 Å². The number of rotatable bonds is 3. The molecule has 0 spiro atoms. The lowest BCUT2D eigenvalue weighted by Crippen LogP contribution is -2.20. The Morgan fingerprint density at radius 2 is 2.00 bits per heavy atom. The third-order valence-electron chi connectivity index (χ3n) is 0.835. The predicted molar refractivity (Wildman–Crippen MR) is 38.7 cm³/mol. The van der Waals surface area contributed by atoms with Crippen LogP contribution in [-0.2, 0) is 19.1 Å². The van der Waals surface area contributed by atoms with Crippen LogP contribution < -0.4 is 0 Å². The smallest absolute Gasteiger partial charge is 0.331 e. The minimum Gasteiger partial charge on any atom is -0.481 e. The standard InChI is InChI=1S/C6H7ClO5/c1-3(7)6(11)12-5(10)2-4(8)9/h3H,2H2,1H3,(H,8,9). The van der Waals surface area contributed by atoms with Gasteiger partial charge in [0, 0.05) is 0 Å². The first-order valence-electron chi connectivity index (χ1n) is 3.04. The first kappa shape index (κ1) is 10.9. The van der Waals surface area contributed by atoms with Crippen LogP contribution in [0.1, 0.15) is 13.3 Å². The molecule has 0 aromatic carbocycles. The zero-order chi connectivity index (χ0) is 9.72. The lowest BCUT2D eigenvalue weighted by Gasteiger charge is -2.01. The third kappa shape index (κ3) is 4.68. The number of aliphatic carboxylic acids is 1. The van der Waals surface area contributed by atoms with Crippen LogP contribution in [0.25, 0.3) is 0 Å². The Labute approximate surface area is 73.3 Å². The molecular formula is C6H7ClO5. The second-order valence-corrected chi connectivity index (χ2v) is 2.63. The van der Waals surface area contributed by atoms with Gasteiger partial charge in [-0.1, -0.05) is 0 Å². The van der Waals surface area contributed by atoms with Crippen LogP contribution in [0, 0.1) is 0 Å². The molecule has 0 aliphatic heterocycles. The Bertz CT molecular complexity index is 210. The zero-order valence-corrected chi connectivity index (χ0v) is 7.00. The van der Waals surface area contributed by atoms with E-state index in [1.54, 1.807) is 0 Å². The molecule has 0 aromatic rings. The van der Waals surface area contributed by atoms with Crippen LogP contribution in [0.3, 0.4) is 0 Å². The van der Waals surface area contributed by atoms with Crippen molar-refractivity contribution in [1.29, 1.82) is 0 Å². The number of ether oxygens (including phenoxy) is 1. The maximum absolute atomic E-state index is 10.6. The molecule has 0 rings (SSSR count). The number of carboxylic acids is 1. The summed E-state index contributed by atoms with van der Waals surface area (Å²) >= 11 is 5.23. The maximum Gasteiger partial charge on any atom is 0.331 e. The van der Waals surface area contributed by atoms with Crippen LogP contribution in [0.2, 0.25) is 0 Å². The Hall–Kier alpha value is -1.10. The van der Waals surface area contributed by atoms with Crippen molar-refractivity contribution in [2.24, 2.45) is 0 Å². The first-order valence-corrected chi connectivity index (χ1v) is 3.47. The number of hydrogen-bond acceptors (Lipinski definition) is 4. The number of alkyl halides is 1. The number of hydrogen-bond donors (Lipinski definition) is 1. The molecule has 0 saturated heterocycles. The van der Waals surface area contributed by atoms with Gasteiger partial charge in [-0.25, -0.2) is 4.79 Å². The number of halogens is 1. The Morgan fingerprint density at radius 1 is 1.50 bits per heavy atom. The predicted octanol–water partition coefficient (Wildman–Crippen LogP) is 0.158. The van der Waals surface area contributed by atoms with E-state index in [0.29, 0.717) is 0 Å². The van der Waals surface area contributed by atoms with Gasteiger partial charge in [-0.05, 0) is 6.92 Å². The van der Waals surface area contributed by atoms with Crippen molar-refractivity contribution in [3.63, 3.8) is 0 Å². The number of esters is 2. The van der Waals surface area contributed by atoms with E-state index in [1.165, 1.54) is 6.92 Å². The van der Waals surface area contributed by atoms with Gasteiger partial charge in [0.1, 0.15) is 11.8 Å². The largest absolute Gasteiger partial charge is 0.481 e. The molecular weight excluding hydrogens is 188 g/mol. The highest BCUT2D eigenvalue weighted by Gasteiger charge is 2.17. The summed E-state index contributed by atoms with van der Waals surface area (Å²) in [7, 11) is 0. The monoisotopic (exact) mass is 194 g/mol. The van der Waals surface area contributed by atoms with Crippen molar-refractivity contribution >= 4 is 29.5 Å². The van der Waals surface area contributed by atoms with Crippen LogP contribution in [0.5, 0.6) is 0 Å². The molecule has 0 bridgehead atoms. The van der Waals surface area contributed by atoms with E-state index in [0.717, 1.165) is 0 Å². The van der Waals surface area contributed by atoms with Gasteiger partial charge in [-0.2, -0.15) is 0 Å². The summed E-state index contributed by atoms with van der Waals surface area (Å²) in [5.74, 6) is -3.40. The first-order chi connectivity index (χ1) is 5.43. The molecule has 0 aromatic heterocycles. The molecule has 1 atom stereocenters. The van der Waals surface area contributed by atoms with Gasteiger partial charge in [-0.15, -0.1) is 11.6 Å². The number of carbonyl (C=O) groups excluding carboxylic acids is 2. The van der Waals surface area contributed by atoms with Gasteiger partial charge in [-0.3, -0.25) is 9.59 Å². The van der Waals surface area contributed by atoms with Crippen molar-refractivity contribution in [3.05, 3.63) is 0 Å². The van der Waals surface area contributed by atoms with Gasteiger partial charge < -0.3 is 9.84 Å². The van der Waals surface area contributed by atoms with E-state index in [1.807, 2.05) is 0 Å². The van der Waals surface area contributed by atoms with Gasteiger partial charge in [0.2, 0.25) is 0 Å². The fraction of sp³-hybridized carbons (Fsp3) is 0.500.